The molecule has 2 aromatic rings. The molecule has 0 bridgehead atoms. The summed E-state index contributed by atoms with van der Waals surface area (Å²) in [5.74, 6) is 1.72. The van der Waals surface area contributed by atoms with Crippen LogP contribution in [0.2, 0.25) is 0 Å². The average molecular weight is 257 g/mol. The third-order valence-corrected chi connectivity index (χ3v) is 2.80. The van der Waals surface area contributed by atoms with Crippen molar-refractivity contribution in [1.82, 2.24) is 9.97 Å². The van der Waals surface area contributed by atoms with Gasteiger partial charge in [0, 0.05) is 19.7 Å². The van der Waals surface area contributed by atoms with Gasteiger partial charge in [-0.2, -0.15) is 9.97 Å². The third kappa shape index (κ3) is 3.84. The van der Waals surface area contributed by atoms with Gasteiger partial charge in [0.05, 0.1) is 0 Å². The highest BCUT2D eigenvalue weighted by Gasteiger charge is 2.00. The van der Waals surface area contributed by atoms with Crippen LogP contribution in [-0.4, -0.2) is 23.6 Å². The van der Waals surface area contributed by atoms with Gasteiger partial charge >= 0.3 is 0 Å². The Kier molecular flexibility index (Phi) is 4.18. The summed E-state index contributed by atoms with van der Waals surface area (Å²) in [6.07, 6.45) is 0.945. The van der Waals surface area contributed by atoms with Crippen molar-refractivity contribution in [3.8, 4) is 0 Å². The molecule has 0 aliphatic heterocycles. The first-order chi connectivity index (χ1) is 9.17. The standard InChI is InChI=1S/C14H19N5/c1-10-4-3-5-11(8-10)6-7-17-13-9-12(16-2)18-14(15)19-13/h3-5,8-9H,6-7H2,1-2H3,(H4,15,16,17,18,19). The fourth-order valence-electron chi connectivity index (χ4n) is 1.89. The Morgan fingerprint density at radius 1 is 1.16 bits per heavy atom. The topological polar surface area (TPSA) is 75.9 Å². The monoisotopic (exact) mass is 257 g/mol. The van der Waals surface area contributed by atoms with Gasteiger partial charge in [-0.15, -0.1) is 0 Å². The lowest BCUT2D eigenvalue weighted by atomic mass is 10.1. The minimum Gasteiger partial charge on any atom is -0.373 e. The van der Waals surface area contributed by atoms with E-state index in [0.29, 0.717) is 5.82 Å². The average Bonchev–Trinajstić information content (AvgIpc) is 2.38. The number of anilines is 3. The van der Waals surface area contributed by atoms with Crippen molar-refractivity contribution in [3.05, 3.63) is 41.5 Å². The van der Waals surface area contributed by atoms with Crippen LogP contribution in [-0.2, 0) is 6.42 Å². The molecule has 19 heavy (non-hydrogen) atoms. The maximum absolute atomic E-state index is 5.64. The first-order valence-electron chi connectivity index (χ1n) is 6.29. The van der Waals surface area contributed by atoms with Crippen LogP contribution in [0.4, 0.5) is 17.6 Å². The quantitative estimate of drug-likeness (QED) is 0.764. The van der Waals surface area contributed by atoms with Gasteiger partial charge in [-0.3, -0.25) is 0 Å². The zero-order valence-corrected chi connectivity index (χ0v) is 11.3. The Balaban J connectivity index is 1.94. The summed E-state index contributed by atoms with van der Waals surface area (Å²) in [6, 6.07) is 10.3. The lowest BCUT2D eigenvalue weighted by Crippen LogP contribution is -2.09. The van der Waals surface area contributed by atoms with Crippen molar-refractivity contribution in [3.63, 3.8) is 0 Å². The van der Waals surface area contributed by atoms with E-state index in [1.807, 2.05) is 6.07 Å². The Morgan fingerprint density at radius 2 is 1.95 bits per heavy atom. The summed E-state index contributed by atoms with van der Waals surface area (Å²) in [6.45, 7) is 2.91. The normalized spacial score (nSPS) is 10.2. The molecule has 4 N–H and O–H groups in total. The minimum atomic E-state index is 0.268. The van der Waals surface area contributed by atoms with E-state index in [9.17, 15) is 0 Å². The lowest BCUT2D eigenvalue weighted by molar-refractivity contribution is 0.999. The molecule has 2 rings (SSSR count). The van der Waals surface area contributed by atoms with E-state index in [1.54, 1.807) is 7.05 Å². The smallest absolute Gasteiger partial charge is 0.223 e. The van der Waals surface area contributed by atoms with Crippen LogP contribution in [0.25, 0.3) is 0 Å². The number of rotatable bonds is 5. The molecule has 0 aliphatic carbocycles. The number of nitrogens with one attached hydrogen (secondary N) is 2. The zero-order chi connectivity index (χ0) is 13.7. The van der Waals surface area contributed by atoms with Gasteiger partial charge in [0.2, 0.25) is 5.95 Å². The SMILES string of the molecule is CNc1cc(NCCc2cccc(C)c2)nc(N)n1. The van der Waals surface area contributed by atoms with E-state index in [0.717, 1.165) is 18.8 Å². The van der Waals surface area contributed by atoms with Gasteiger partial charge in [0.25, 0.3) is 0 Å². The first kappa shape index (κ1) is 13.1. The largest absolute Gasteiger partial charge is 0.373 e. The van der Waals surface area contributed by atoms with E-state index in [1.165, 1.54) is 11.1 Å². The van der Waals surface area contributed by atoms with Crippen LogP contribution < -0.4 is 16.4 Å². The van der Waals surface area contributed by atoms with Crippen LogP contribution in [0.1, 0.15) is 11.1 Å². The third-order valence-electron chi connectivity index (χ3n) is 2.80. The number of nitrogens with two attached hydrogens (primary N) is 1. The molecule has 0 spiro atoms. The van der Waals surface area contributed by atoms with Crippen molar-refractivity contribution >= 4 is 17.6 Å². The summed E-state index contributed by atoms with van der Waals surface area (Å²) in [4.78, 5) is 8.19. The van der Waals surface area contributed by atoms with E-state index < -0.39 is 0 Å². The van der Waals surface area contributed by atoms with Gasteiger partial charge < -0.3 is 16.4 Å². The second-order valence-electron chi connectivity index (χ2n) is 4.41. The second kappa shape index (κ2) is 6.04. The lowest BCUT2D eigenvalue weighted by Gasteiger charge is -2.08. The first-order valence-corrected chi connectivity index (χ1v) is 6.29. The van der Waals surface area contributed by atoms with Crippen molar-refractivity contribution in [2.45, 2.75) is 13.3 Å². The molecular formula is C14H19N5. The van der Waals surface area contributed by atoms with Gasteiger partial charge in [-0.1, -0.05) is 29.8 Å². The molecule has 5 nitrogen and oxygen atoms in total. The fraction of sp³-hybridized carbons (Fsp3) is 0.286. The predicted octanol–water partition coefficient (Wildman–Crippen LogP) is 2.06. The molecule has 0 saturated heterocycles. The van der Waals surface area contributed by atoms with Gasteiger partial charge in [0.1, 0.15) is 11.6 Å². The van der Waals surface area contributed by atoms with Crippen LogP contribution >= 0.6 is 0 Å². The molecule has 0 fully saturated rings. The molecule has 0 atom stereocenters. The maximum atomic E-state index is 5.64. The number of benzene rings is 1. The number of hydrogen-bond donors (Lipinski definition) is 3. The van der Waals surface area contributed by atoms with Gasteiger partial charge in [0.15, 0.2) is 0 Å². The molecular weight excluding hydrogens is 238 g/mol. The zero-order valence-electron chi connectivity index (χ0n) is 11.3. The van der Waals surface area contributed by atoms with Crippen LogP contribution in [0.5, 0.6) is 0 Å². The van der Waals surface area contributed by atoms with Crippen LogP contribution in [0.15, 0.2) is 30.3 Å². The number of nitrogen functional groups attached to an aromatic ring is 1. The van der Waals surface area contributed by atoms with Crippen molar-refractivity contribution in [1.29, 1.82) is 0 Å². The summed E-state index contributed by atoms with van der Waals surface area (Å²) >= 11 is 0. The van der Waals surface area contributed by atoms with Crippen LogP contribution in [0, 0.1) is 6.92 Å². The Morgan fingerprint density at radius 3 is 2.68 bits per heavy atom. The van der Waals surface area contributed by atoms with Gasteiger partial charge in [-0.25, -0.2) is 0 Å². The van der Waals surface area contributed by atoms with Crippen molar-refractivity contribution in [2.24, 2.45) is 0 Å². The Hall–Kier alpha value is -2.30. The molecule has 1 aromatic carbocycles. The Labute approximate surface area is 113 Å². The number of hydrogen-bond acceptors (Lipinski definition) is 5. The summed E-state index contributed by atoms with van der Waals surface area (Å²) in [5.41, 5.74) is 8.22. The molecule has 0 saturated carbocycles. The predicted molar refractivity (Wildman–Crippen MR) is 79.4 cm³/mol. The number of aryl methyl sites for hydroxylation is 1. The summed E-state index contributed by atoms with van der Waals surface area (Å²) in [5, 5.41) is 6.21. The van der Waals surface area contributed by atoms with Crippen LogP contribution in [0.3, 0.4) is 0 Å². The van der Waals surface area contributed by atoms with E-state index in [2.05, 4.69) is 51.8 Å². The van der Waals surface area contributed by atoms with Crippen molar-refractivity contribution < 1.29 is 0 Å². The molecule has 5 heteroatoms. The number of nitrogens with zero attached hydrogens (tertiary/aromatic N) is 2. The molecule has 100 valence electrons. The molecule has 1 heterocycles. The highest BCUT2D eigenvalue weighted by Crippen LogP contribution is 2.12. The van der Waals surface area contributed by atoms with E-state index >= 15 is 0 Å². The van der Waals surface area contributed by atoms with E-state index in [4.69, 9.17) is 5.73 Å². The summed E-state index contributed by atoms with van der Waals surface area (Å²) < 4.78 is 0. The van der Waals surface area contributed by atoms with E-state index in [-0.39, 0.29) is 5.95 Å². The van der Waals surface area contributed by atoms with Gasteiger partial charge in [-0.05, 0) is 18.9 Å². The molecule has 0 radical (unpaired) electrons. The molecule has 0 aliphatic rings. The highest BCUT2D eigenvalue weighted by atomic mass is 15.1. The molecule has 1 aromatic heterocycles. The summed E-state index contributed by atoms with van der Waals surface area (Å²) in [7, 11) is 1.80. The van der Waals surface area contributed by atoms with Crippen molar-refractivity contribution in [2.75, 3.05) is 30.0 Å². The molecule has 0 unspecified atom stereocenters. The highest BCUT2D eigenvalue weighted by molar-refractivity contribution is 5.50. The maximum Gasteiger partial charge on any atom is 0.223 e. The molecule has 0 amide bonds. The second-order valence-corrected chi connectivity index (χ2v) is 4.41. The Bertz CT molecular complexity index is 553. The fourth-order valence-corrected chi connectivity index (χ4v) is 1.89. The number of aromatic nitrogens is 2. The minimum absolute atomic E-state index is 0.268.